The fourth-order valence-corrected chi connectivity index (χ4v) is 2.01. The maximum atomic E-state index is 12.1. The summed E-state index contributed by atoms with van der Waals surface area (Å²) in [6.45, 7) is 1.64. The minimum absolute atomic E-state index is 0.0207. The fourth-order valence-electron chi connectivity index (χ4n) is 2.01. The number of amides is 2. The van der Waals surface area contributed by atoms with Crippen LogP contribution < -0.4 is 10.6 Å². The molecule has 0 saturated heterocycles. The van der Waals surface area contributed by atoms with E-state index in [2.05, 4.69) is 10.6 Å². The van der Waals surface area contributed by atoms with Gasteiger partial charge in [-0.05, 0) is 23.8 Å². The molecule has 2 aromatic carbocycles. The van der Waals surface area contributed by atoms with Gasteiger partial charge in [0, 0.05) is 25.2 Å². The van der Waals surface area contributed by atoms with Crippen LogP contribution in [0.5, 0.6) is 0 Å². The Labute approximate surface area is 132 Å². The molecule has 2 N–H and O–H groups in total. The molecule has 118 valence electrons. The molecular weight excluding hydrogens is 298 g/mol. The Morgan fingerprint density at radius 1 is 1.09 bits per heavy atom. The molecule has 0 bridgehead atoms. The van der Waals surface area contributed by atoms with Crippen LogP contribution in [0.15, 0.2) is 48.5 Å². The Balaban J connectivity index is 2.02. The second kappa shape index (κ2) is 7.17. The lowest BCUT2D eigenvalue weighted by molar-refractivity contribution is -0.385. The lowest BCUT2D eigenvalue weighted by atomic mass is 10.1. The number of hydrogen-bond acceptors (Lipinski definition) is 4. The molecule has 0 aromatic heterocycles. The number of nitrogens with one attached hydrogen (secondary N) is 2. The molecule has 0 unspecified atom stereocenters. The van der Waals surface area contributed by atoms with Gasteiger partial charge in [-0.1, -0.05) is 24.3 Å². The number of nitro groups is 1. The zero-order valence-corrected chi connectivity index (χ0v) is 12.4. The molecule has 2 rings (SSSR count). The zero-order chi connectivity index (χ0) is 16.8. The van der Waals surface area contributed by atoms with Crippen LogP contribution in [-0.4, -0.2) is 16.7 Å². The third kappa shape index (κ3) is 4.37. The van der Waals surface area contributed by atoms with E-state index >= 15 is 0 Å². The van der Waals surface area contributed by atoms with Gasteiger partial charge < -0.3 is 10.6 Å². The lowest BCUT2D eigenvalue weighted by Crippen LogP contribution is -2.23. The maximum Gasteiger partial charge on any atom is 0.282 e. The summed E-state index contributed by atoms with van der Waals surface area (Å²) in [6.07, 6.45) is 0. The molecule has 0 saturated carbocycles. The van der Waals surface area contributed by atoms with Crippen molar-refractivity contribution in [1.82, 2.24) is 5.32 Å². The first-order valence-electron chi connectivity index (χ1n) is 6.85. The molecule has 0 heterocycles. The minimum Gasteiger partial charge on any atom is -0.348 e. The van der Waals surface area contributed by atoms with E-state index in [4.69, 9.17) is 0 Å². The average molecular weight is 313 g/mol. The topological polar surface area (TPSA) is 101 Å². The van der Waals surface area contributed by atoms with Gasteiger partial charge in [0.05, 0.1) is 4.92 Å². The summed E-state index contributed by atoms with van der Waals surface area (Å²) < 4.78 is 0. The highest BCUT2D eigenvalue weighted by Crippen LogP contribution is 2.17. The van der Waals surface area contributed by atoms with Gasteiger partial charge >= 0.3 is 0 Å². The van der Waals surface area contributed by atoms with Crippen LogP contribution in [0.2, 0.25) is 0 Å². The predicted octanol–water partition coefficient (Wildman–Crippen LogP) is 2.48. The molecule has 7 nitrogen and oxygen atoms in total. The van der Waals surface area contributed by atoms with Crippen molar-refractivity contribution in [3.63, 3.8) is 0 Å². The number of nitrogens with zero attached hydrogens (tertiary/aromatic N) is 1. The molecule has 0 aliphatic carbocycles. The van der Waals surface area contributed by atoms with Gasteiger partial charge in [-0.3, -0.25) is 19.7 Å². The number of anilines is 1. The SMILES string of the molecule is CC(=O)Nc1ccc(CNC(=O)c2ccccc2[N+](=O)[O-])cc1. The van der Waals surface area contributed by atoms with Crippen molar-refractivity contribution >= 4 is 23.2 Å². The average Bonchev–Trinajstić information content (AvgIpc) is 2.53. The molecule has 2 aromatic rings. The van der Waals surface area contributed by atoms with E-state index in [1.54, 1.807) is 30.3 Å². The normalized spacial score (nSPS) is 9.96. The van der Waals surface area contributed by atoms with Crippen molar-refractivity contribution in [1.29, 1.82) is 0 Å². The second-order valence-corrected chi connectivity index (χ2v) is 4.84. The molecule has 0 aliphatic heterocycles. The first-order valence-corrected chi connectivity index (χ1v) is 6.85. The van der Waals surface area contributed by atoms with Crippen LogP contribution in [-0.2, 0) is 11.3 Å². The van der Waals surface area contributed by atoms with Crippen molar-refractivity contribution in [3.05, 3.63) is 69.8 Å². The Kier molecular flexibility index (Phi) is 5.03. The molecule has 23 heavy (non-hydrogen) atoms. The molecule has 0 fully saturated rings. The van der Waals surface area contributed by atoms with Crippen molar-refractivity contribution < 1.29 is 14.5 Å². The summed E-state index contributed by atoms with van der Waals surface area (Å²) in [7, 11) is 0. The van der Waals surface area contributed by atoms with E-state index in [1.807, 2.05) is 0 Å². The highest BCUT2D eigenvalue weighted by molar-refractivity contribution is 5.98. The van der Waals surface area contributed by atoms with Gasteiger partial charge in [0.1, 0.15) is 5.56 Å². The van der Waals surface area contributed by atoms with Crippen LogP contribution in [0.25, 0.3) is 0 Å². The van der Waals surface area contributed by atoms with E-state index in [-0.39, 0.29) is 23.7 Å². The first kappa shape index (κ1) is 16.2. The van der Waals surface area contributed by atoms with E-state index < -0.39 is 10.8 Å². The first-order chi connectivity index (χ1) is 11.0. The van der Waals surface area contributed by atoms with Crippen LogP contribution >= 0.6 is 0 Å². The molecule has 0 aliphatic rings. The number of carbonyl (C=O) groups excluding carboxylic acids is 2. The van der Waals surface area contributed by atoms with Crippen molar-refractivity contribution in [2.75, 3.05) is 5.32 Å². The van der Waals surface area contributed by atoms with Gasteiger partial charge in [-0.25, -0.2) is 0 Å². The monoisotopic (exact) mass is 313 g/mol. The quantitative estimate of drug-likeness (QED) is 0.654. The smallest absolute Gasteiger partial charge is 0.282 e. The third-order valence-electron chi connectivity index (χ3n) is 3.07. The fraction of sp³-hybridized carbons (Fsp3) is 0.125. The van der Waals surface area contributed by atoms with Crippen LogP contribution in [0.4, 0.5) is 11.4 Å². The van der Waals surface area contributed by atoms with Crippen molar-refractivity contribution in [3.8, 4) is 0 Å². The molecule has 0 atom stereocenters. The van der Waals surface area contributed by atoms with Gasteiger partial charge in [-0.15, -0.1) is 0 Å². The molecule has 2 amide bonds. The number of rotatable bonds is 5. The largest absolute Gasteiger partial charge is 0.348 e. The summed E-state index contributed by atoms with van der Waals surface area (Å²) in [6, 6.07) is 12.7. The van der Waals surface area contributed by atoms with Crippen molar-refractivity contribution in [2.45, 2.75) is 13.5 Å². The minimum atomic E-state index is -0.586. The van der Waals surface area contributed by atoms with E-state index in [9.17, 15) is 19.7 Å². The van der Waals surface area contributed by atoms with E-state index in [1.165, 1.54) is 25.1 Å². The third-order valence-corrected chi connectivity index (χ3v) is 3.07. The van der Waals surface area contributed by atoms with Crippen LogP contribution in [0.3, 0.4) is 0 Å². The molecule has 0 spiro atoms. The van der Waals surface area contributed by atoms with E-state index in [0.717, 1.165) is 5.56 Å². The van der Waals surface area contributed by atoms with Gasteiger partial charge in [0.15, 0.2) is 0 Å². The Hall–Kier alpha value is -3.22. The number of para-hydroxylation sites is 1. The second-order valence-electron chi connectivity index (χ2n) is 4.84. The van der Waals surface area contributed by atoms with Gasteiger partial charge in [-0.2, -0.15) is 0 Å². The molecule has 0 radical (unpaired) electrons. The molecule has 7 heteroatoms. The van der Waals surface area contributed by atoms with E-state index in [0.29, 0.717) is 5.69 Å². The lowest BCUT2D eigenvalue weighted by Gasteiger charge is -2.07. The summed E-state index contributed by atoms with van der Waals surface area (Å²) in [5.41, 5.74) is 1.26. The zero-order valence-electron chi connectivity index (χ0n) is 12.4. The summed E-state index contributed by atoms with van der Waals surface area (Å²) in [5, 5.41) is 16.2. The standard InChI is InChI=1S/C16H15N3O4/c1-11(20)18-13-8-6-12(7-9-13)10-17-16(21)14-4-2-3-5-15(14)19(22)23/h2-9H,10H2,1H3,(H,17,21)(H,18,20). The van der Waals surface area contributed by atoms with Gasteiger partial charge in [0.2, 0.25) is 5.91 Å². The number of nitro benzene ring substituents is 1. The van der Waals surface area contributed by atoms with Crippen molar-refractivity contribution in [2.24, 2.45) is 0 Å². The Morgan fingerprint density at radius 3 is 2.35 bits per heavy atom. The van der Waals surface area contributed by atoms with Gasteiger partial charge in [0.25, 0.3) is 11.6 Å². The summed E-state index contributed by atoms with van der Waals surface area (Å²) in [4.78, 5) is 33.3. The molecular formula is C16H15N3O4. The predicted molar refractivity (Wildman–Crippen MR) is 85.0 cm³/mol. The van der Waals surface area contributed by atoms with Crippen LogP contribution in [0.1, 0.15) is 22.8 Å². The maximum absolute atomic E-state index is 12.1. The summed E-state index contributed by atoms with van der Waals surface area (Å²) in [5.74, 6) is -0.675. The Bertz CT molecular complexity index is 741. The highest BCUT2D eigenvalue weighted by atomic mass is 16.6. The highest BCUT2D eigenvalue weighted by Gasteiger charge is 2.18. The number of benzene rings is 2. The van der Waals surface area contributed by atoms with Crippen LogP contribution in [0, 0.1) is 10.1 Å². The number of carbonyl (C=O) groups is 2. The summed E-state index contributed by atoms with van der Waals surface area (Å²) >= 11 is 0. The number of hydrogen-bond donors (Lipinski definition) is 2. The Morgan fingerprint density at radius 2 is 1.74 bits per heavy atom.